The van der Waals surface area contributed by atoms with Crippen molar-refractivity contribution in [2.75, 3.05) is 0 Å². The van der Waals surface area contributed by atoms with Gasteiger partial charge in [0.25, 0.3) is 0 Å². The molecule has 0 aliphatic heterocycles. The number of nitriles is 1. The van der Waals surface area contributed by atoms with Gasteiger partial charge in [-0.2, -0.15) is 5.26 Å². The second kappa shape index (κ2) is 3.31. The number of rotatable bonds is 1. The molecule has 0 aliphatic rings. The summed E-state index contributed by atoms with van der Waals surface area (Å²) in [5.41, 5.74) is 1.10. The van der Waals surface area contributed by atoms with Gasteiger partial charge in [-0.05, 0) is 28.1 Å². The average Bonchev–Trinajstić information content (AvgIpc) is 2.04. The quantitative estimate of drug-likeness (QED) is 0.666. The fourth-order valence-corrected chi connectivity index (χ4v) is 1.18. The highest BCUT2D eigenvalue weighted by Crippen LogP contribution is 2.16. The van der Waals surface area contributed by atoms with Crippen molar-refractivity contribution in [1.29, 1.82) is 5.26 Å². The highest BCUT2D eigenvalue weighted by atomic mass is 79.9. The molecule has 2 nitrogen and oxygen atoms in total. The second-order valence-corrected chi connectivity index (χ2v) is 2.82. The first-order valence-corrected chi connectivity index (χ1v) is 3.72. The first-order chi connectivity index (χ1) is 5.27. The van der Waals surface area contributed by atoms with Crippen LogP contribution in [0.25, 0.3) is 0 Å². The molecular formula is C8H4BrNO. The molecule has 54 valence electrons. The first-order valence-electron chi connectivity index (χ1n) is 2.93. The minimum Gasteiger partial charge on any atom is -0.298 e. The molecule has 0 bridgehead atoms. The summed E-state index contributed by atoms with van der Waals surface area (Å²) < 4.78 is 0.657. The van der Waals surface area contributed by atoms with Crippen LogP contribution in [0.5, 0.6) is 0 Å². The van der Waals surface area contributed by atoms with E-state index >= 15 is 0 Å². The Bertz CT molecular complexity index is 327. The van der Waals surface area contributed by atoms with E-state index in [0.29, 0.717) is 15.6 Å². The van der Waals surface area contributed by atoms with Crippen molar-refractivity contribution in [2.24, 2.45) is 0 Å². The van der Waals surface area contributed by atoms with Crippen LogP contribution in [0, 0.1) is 11.3 Å². The van der Waals surface area contributed by atoms with Gasteiger partial charge in [0, 0.05) is 10.0 Å². The lowest BCUT2D eigenvalue weighted by Gasteiger charge is -1.93. The van der Waals surface area contributed by atoms with Crippen LogP contribution >= 0.6 is 15.9 Å². The van der Waals surface area contributed by atoms with E-state index in [-0.39, 0.29) is 0 Å². The minimum absolute atomic E-state index is 0.538. The van der Waals surface area contributed by atoms with Gasteiger partial charge in [-0.25, -0.2) is 0 Å². The third-order valence-electron chi connectivity index (χ3n) is 1.25. The summed E-state index contributed by atoms with van der Waals surface area (Å²) >= 11 is 3.17. The molecule has 0 aromatic heterocycles. The zero-order valence-electron chi connectivity index (χ0n) is 5.54. The van der Waals surface area contributed by atoms with Crippen LogP contribution in [-0.4, -0.2) is 6.29 Å². The maximum absolute atomic E-state index is 10.3. The van der Waals surface area contributed by atoms with E-state index in [4.69, 9.17) is 5.26 Å². The molecule has 0 N–H and O–H groups in total. The van der Waals surface area contributed by atoms with Gasteiger partial charge < -0.3 is 0 Å². The third-order valence-corrected chi connectivity index (χ3v) is 1.91. The molecule has 11 heavy (non-hydrogen) atoms. The van der Waals surface area contributed by atoms with E-state index in [1.165, 1.54) is 0 Å². The number of hydrogen-bond donors (Lipinski definition) is 0. The normalized spacial score (nSPS) is 8.73. The number of carbonyl (C=O) groups excluding carboxylic acids is 1. The van der Waals surface area contributed by atoms with Gasteiger partial charge in [0.15, 0.2) is 0 Å². The monoisotopic (exact) mass is 209 g/mol. The SMILES string of the molecule is N#Cc1ccc(C=O)cc1Br. The molecule has 0 atom stereocenters. The number of carbonyl (C=O) groups is 1. The van der Waals surface area contributed by atoms with Crippen molar-refractivity contribution in [3.8, 4) is 6.07 Å². The lowest BCUT2D eigenvalue weighted by atomic mass is 10.2. The van der Waals surface area contributed by atoms with Gasteiger partial charge in [-0.3, -0.25) is 4.79 Å². The van der Waals surface area contributed by atoms with Crippen molar-refractivity contribution < 1.29 is 4.79 Å². The minimum atomic E-state index is 0.538. The van der Waals surface area contributed by atoms with Crippen molar-refractivity contribution in [2.45, 2.75) is 0 Å². The second-order valence-electron chi connectivity index (χ2n) is 1.97. The molecule has 3 heteroatoms. The molecule has 0 heterocycles. The number of benzene rings is 1. The van der Waals surface area contributed by atoms with Crippen molar-refractivity contribution in [3.05, 3.63) is 33.8 Å². The number of nitrogens with zero attached hydrogens (tertiary/aromatic N) is 1. The largest absolute Gasteiger partial charge is 0.298 e. The Morgan fingerprint density at radius 3 is 2.73 bits per heavy atom. The molecule has 0 saturated heterocycles. The van der Waals surface area contributed by atoms with Crippen LogP contribution in [-0.2, 0) is 0 Å². The lowest BCUT2D eigenvalue weighted by Crippen LogP contribution is -1.82. The summed E-state index contributed by atoms with van der Waals surface area (Å²) in [6, 6.07) is 6.81. The van der Waals surface area contributed by atoms with Gasteiger partial charge in [-0.1, -0.05) is 6.07 Å². The van der Waals surface area contributed by atoms with Crippen LogP contribution < -0.4 is 0 Å². The fraction of sp³-hybridized carbons (Fsp3) is 0. The lowest BCUT2D eigenvalue weighted by molar-refractivity contribution is 0.112. The fourth-order valence-electron chi connectivity index (χ4n) is 0.695. The molecule has 0 aliphatic carbocycles. The van der Waals surface area contributed by atoms with Gasteiger partial charge in [0.2, 0.25) is 0 Å². The van der Waals surface area contributed by atoms with Gasteiger partial charge in [0.1, 0.15) is 12.4 Å². The van der Waals surface area contributed by atoms with Crippen LogP contribution in [0.2, 0.25) is 0 Å². The smallest absolute Gasteiger partial charge is 0.150 e. The standard InChI is InChI=1S/C8H4BrNO/c9-8-3-6(5-11)1-2-7(8)4-10/h1-3,5H. The molecule has 0 saturated carbocycles. The zero-order valence-corrected chi connectivity index (χ0v) is 7.13. The van der Waals surface area contributed by atoms with Gasteiger partial charge >= 0.3 is 0 Å². The molecule has 0 spiro atoms. The van der Waals surface area contributed by atoms with Crippen molar-refractivity contribution in [3.63, 3.8) is 0 Å². The van der Waals surface area contributed by atoms with E-state index < -0.39 is 0 Å². The van der Waals surface area contributed by atoms with Crippen LogP contribution in [0.3, 0.4) is 0 Å². The molecule has 0 fully saturated rings. The predicted octanol–water partition coefficient (Wildman–Crippen LogP) is 2.13. The van der Waals surface area contributed by atoms with Crippen LogP contribution in [0.4, 0.5) is 0 Å². The average molecular weight is 210 g/mol. The van der Waals surface area contributed by atoms with Crippen molar-refractivity contribution >= 4 is 22.2 Å². The Labute approximate surface area is 72.6 Å². The Kier molecular flexibility index (Phi) is 2.40. The topological polar surface area (TPSA) is 40.9 Å². The summed E-state index contributed by atoms with van der Waals surface area (Å²) in [6.07, 6.45) is 0.742. The highest BCUT2D eigenvalue weighted by Gasteiger charge is 1.98. The Morgan fingerprint density at radius 2 is 2.27 bits per heavy atom. The predicted molar refractivity (Wildman–Crippen MR) is 44.2 cm³/mol. The van der Waals surface area contributed by atoms with E-state index in [0.717, 1.165) is 6.29 Å². The Hall–Kier alpha value is -1.14. The number of halogens is 1. The first kappa shape index (κ1) is 7.96. The van der Waals surface area contributed by atoms with E-state index in [2.05, 4.69) is 15.9 Å². The summed E-state index contributed by atoms with van der Waals surface area (Å²) in [5, 5.41) is 8.51. The summed E-state index contributed by atoms with van der Waals surface area (Å²) in [7, 11) is 0. The number of hydrogen-bond acceptors (Lipinski definition) is 2. The number of aldehydes is 1. The Balaban J connectivity index is 3.22. The van der Waals surface area contributed by atoms with Gasteiger partial charge in [-0.15, -0.1) is 0 Å². The molecule has 0 unspecified atom stereocenters. The highest BCUT2D eigenvalue weighted by molar-refractivity contribution is 9.10. The third kappa shape index (κ3) is 1.66. The van der Waals surface area contributed by atoms with Crippen LogP contribution in [0.15, 0.2) is 22.7 Å². The van der Waals surface area contributed by atoms with E-state index in [1.807, 2.05) is 6.07 Å². The molecule has 0 radical (unpaired) electrons. The molecule has 1 aromatic rings. The summed E-state index contributed by atoms with van der Waals surface area (Å²) in [5.74, 6) is 0. The molecule has 1 rings (SSSR count). The van der Waals surface area contributed by atoms with Gasteiger partial charge in [0.05, 0.1) is 5.56 Å². The van der Waals surface area contributed by atoms with Crippen LogP contribution in [0.1, 0.15) is 15.9 Å². The maximum atomic E-state index is 10.3. The molecule has 1 aromatic carbocycles. The molecular weight excluding hydrogens is 206 g/mol. The van der Waals surface area contributed by atoms with E-state index in [9.17, 15) is 4.79 Å². The zero-order chi connectivity index (χ0) is 8.27. The van der Waals surface area contributed by atoms with E-state index in [1.54, 1.807) is 18.2 Å². The summed E-state index contributed by atoms with van der Waals surface area (Å²) in [4.78, 5) is 10.3. The summed E-state index contributed by atoms with van der Waals surface area (Å²) in [6.45, 7) is 0. The molecule has 0 amide bonds. The Morgan fingerprint density at radius 1 is 1.55 bits per heavy atom. The maximum Gasteiger partial charge on any atom is 0.150 e. The van der Waals surface area contributed by atoms with Crippen molar-refractivity contribution in [1.82, 2.24) is 0 Å².